The Kier molecular flexibility index (Phi) is 5.46. The lowest BCUT2D eigenvalue weighted by Crippen LogP contribution is -3.15. The first kappa shape index (κ1) is 17.6. The number of quaternary nitrogens is 1. The first-order valence-electron chi connectivity index (χ1n) is 8.45. The Bertz CT molecular complexity index is 741. The van der Waals surface area contributed by atoms with Gasteiger partial charge in [0.05, 0.1) is 26.2 Å². The largest absolute Gasteiger partial charge is 0.508 e. The van der Waals surface area contributed by atoms with Crippen LogP contribution in [0.3, 0.4) is 0 Å². The van der Waals surface area contributed by atoms with Gasteiger partial charge in [-0.1, -0.05) is 17.7 Å². The number of anilines is 2. The molecular weight excluding hydrogens is 338 g/mol. The van der Waals surface area contributed by atoms with Gasteiger partial charge < -0.3 is 20.2 Å². The summed E-state index contributed by atoms with van der Waals surface area (Å²) in [6.45, 7) is 5.99. The maximum Gasteiger partial charge on any atom is 0.279 e. The molecule has 6 heteroatoms. The minimum atomic E-state index is 0.00741. The van der Waals surface area contributed by atoms with E-state index in [1.807, 2.05) is 31.2 Å². The van der Waals surface area contributed by atoms with Crippen molar-refractivity contribution in [3.63, 3.8) is 0 Å². The standard InChI is InChI=1S/C19H22ClN3O2/c1-14-2-3-15(12-18(14)20)21-19(25)13-22-8-10-23(11-9-22)16-4-6-17(24)7-5-16/h2-7,12,24H,8-11,13H2,1H3,(H,21,25)/p+1. The number of phenolic OH excluding ortho intramolecular Hbond substituents is 1. The number of rotatable bonds is 4. The minimum Gasteiger partial charge on any atom is -0.508 e. The Morgan fingerprint density at radius 3 is 2.52 bits per heavy atom. The normalized spacial score (nSPS) is 15.2. The predicted molar refractivity (Wildman–Crippen MR) is 101 cm³/mol. The summed E-state index contributed by atoms with van der Waals surface area (Å²) in [5.74, 6) is 0.286. The maximum absolute atomic E-state index is 12.2. The molecule has 1 heterocycles. The number of benzene rings is 2. The fourth-order valence-corrected chi connectivity index (χ4v) is 3.20. The number of nitrogens with zero attached hydrogens (tertiary/aromatic N) is 1. The average molecular weight is 361 g/mol. The van der Waals surface area contributed by atoms with Crippen LogP contribution in [0.2, 0.25) is 5.02 Å². The maximum atomic E-state index is 12.2. The first-order valence-corrected chi connectivity index (χ1v) is 8.82. The van der Waals surface area contributed by atoms with Crippen molar-refractivity contribution in [1.82, 2.24) is 0 Å². The van der Waals surface area contributed by atoms with Gasteiger partial charge in [0.15, 0.2) is 6.54 Å². The van der Waals surface area contributed by atoms with Gasteiger partial charge in [0.2, 0.25) is 0 Å². The molecule has 2 aromatic carbocycles. The number of hydrogen-bond acceptors (Lipinski definition) is 3. The van der Waals surface area contributed by atoms with Crippen LogP contribution in [0.25, 0.3) is 0 Å². The lowest BCUT2D eigenvalue weighted by atomic mass is 10.2. The lowest BCUT2D eigenvalue weighted by Gasteiger charge is -2.33. The van der Waals surface area contributed by atoms with Gasteiger partial charge in [0, 0.05) is 16.4 Å². The Morgan fingerprint density at radius 2 is 1.88 bits per heavy atom. The van der Waals surface area contributed by atoms with Crippen molar-refractivity contribution in [3.8, 4) is 5.75 Å². The van der Waals surface area contributed by atoms with Crippen LogP contribution >= 0.6 is 11.6 Å². The number of hydrogen-bond donors (Lipinski definition) is 3. The van der Waals surface area contributed by atoms with Crippen LogP contribution in [0.5, 0.6) is 5.75 Å². The van der Waals surface area contributed by atoms with E-state index in [4.69, 9.17) is 11.6 Å². The number of nitrogens with one attached hydrogen (secondary N) is 2. The van der Waals surface area contributed by atoms with Gasteiger partial charge in [-0.05, 0) is 48.9 Å². The molecule has 3 rings (SSSR count). The first-order chi connectivity index (χ1) is 12.0. The highest BCUT2D eigenvalue weighted by Crippen LogP contribution is 2.20. The summed E-state index contributed by atoms with van der Waals surface area (Å²) >= 11 is 6.10. The summed E-state index contributed by atoms with van der Waals surface area (Å²) in [5, 5.41) is 13.0. The molecule has 1 aliphatic rings. The zero-order valence-corrected chi connectivity index (χ0v) is 15.0. The van der Waals surface area contributed by atoms with Crippen LogP contribution in [-0.4, -0.2) is 43.7 Å². The monoisotopic (exact) mass is 360 g/mol. The zero-order valence-electron chi connectivity index (χ0n) is 14.3. The van der Waals surface area contributed by atoms with Gasteiger partial charge in [-0.15, -0.1) is 0 Å². The van der Waals surface area contributed by atoms with Crippen molar-refractivity contribution in [2.75, 3.05) is 42.9 Å². The fourth-order valence-electron chi connectivity index (χ4n) is 3.02. The average Bonchev–Trinajstić information content (AvgIpc) is 2.60. The van der Waals surface area contributed by atoms with Crippen molar-refractivity contribution in [2.24, 2.45) is 0 Å². The smallest absolute Gasteiger partial charge is 0.279 e. The molecule has 0 aliphatic carbocycles. The quantitative estimate of drug-likeness (QED) is 0.778. The van der Waals surface area contributed by atoms with E-state index in [1.54, 1.807) is 18.2 Å². The molecule has 1 saturated heterocycles. The van der Waals surface area contributed by atoms with Crippen molar-refractivity contribution in [2.45, 2.75) is 6.92 Å². The molecule has 25 heavy (non-hydrogen) atoms. The van der Waals surface area contributed by atoms with E-state index in [9.17, 15) is 9.90 Å². The van der Waals surface area contributed by atoms with E-state index < -0.39 is 0 Å². The van der Waals surface area contributed by atoms with Crippen molar-refractivity contribution < 1.29 is 14.8 Å². The number of phenols is 1. The molecular formula is C19H23ClN3O2+. The summed E-state index contributed by atoms with van der Waals surface area (Å²) in [6.07, 6.45) is 0. The van der Waals surface area contributed by atoms with Crippen LogP contribution in [0.4, 0.5) is 11.4 Å². The van der Waals surface area contributed by atoms with Crippen LogP contribution in [0, 0.1) is 6.92 Å². The third kappa shape index (κ3) is 4.65. The second kappa shape index (κ2) is 7.76. The zero-order chi connectivity index (χ0) is 17.8. The van der Waals surface area contributed by atoms with Gasteiger partial charge >= 0.3 is 0 Å². The summed E-state index contributed by atoms with van der Waals surface area (Å²) in [5.41, 5.74) is 2.84. The van der Waals surface area contributed by atoms with E-state index >= 15 is 0 Å². The predicted octanol–water partition coefficient (Wildman–Crippen LogP) is 1.70. The third-order valence-corrected chi connectivity index (χ3v) is 4.96. The van der Waals surface area contributed by atoms with Gasteiger partial charge in [0.1, 0.15) is 5.75 Å². The van der Waals surface area contributed by atoms with Crippen LogP contribution < -0.4 is 15.1 Å². The highest BCUT2D eigenvalue weighted by atomic mass is 35.5. The number of amides is 1. The molecule has 0 bridgehead atoms. The minimum absolute atomic E-state index is 0.00741. The van der Waals surface area contributed by atoms with E-state index in [-0.39, 0.29) is 11.7 Å². The molecule has 1 amide bonds. The van der Waals surface area contributed by atoms with Gasteiger partial charge in [0.25, 0.3) is 5.91 Å². The Balaban J connectivity index is 1.49. The molecule has 0 radical (unpaired) electrons. The highest BCUT2D eigenvalue weighted by Gasteiger charge is 2.22. The Hall–Kier alpha value is -2.24. The van der Waals surface area contributed by atoms with Crippen LogP contribution in [0.15, 0.2) is 42.5 Å². The molecule has 5 nitrogen and oxygen atoms in total. The molecule has 0 saturated carbocycles. The number of carbonyl (C=O) groups excluding carboxylic acids is 1. The summed E-state index contributed by atoms with van der Waals surface area (Å²) in [4.78, 5) is 15.8. The molecule has 0 atom stereocenters. The molecule has 2 aromatic rings. The number of piperazine rings is 1. The fraction of sp³-hybridized carbons (Fsp3) is 0.316. The topological polar surface area (TPSA) is 57.0 Å². The Labute approximate surface area is 152 Å². The van der Waals surface area contributed by atoms with Gasteiger partial charge in [-0.25, -0.2) is 0 Å². The number of halogens is 1. The SMILES string of the molecule is Cc1ccc(NC(=O)C[NH+]2CCN(c3ccc(O)cc3)CC2)cc1Cl. The second-order valence-electron chi connectivity index (χ2n) is 6.44. The summed E-state index contributed by atoms with van der Waals surface area (Å²) in [6, 6.07) is 12.8. The molecule has 0 unspecified atom stereocenters. The molecule has 1 fully saturated rings. The second-order valence-corrected chi connectivity index (χ2v) is 6.85. The number of aryl methyl sites for hydroxylation is 1. The summed E-state index contributed by atoms with van der Waals surface area (Å²) in [7, 11) is 0. The van der Waals surface area contributed by atoms with Gasteiger partial charge in [-0.3, -0.25) is 4.79 Å². The highest BCUT2D eigenvalue weighted by molar-refractivity contribution is 6.31. The summed E-state index contributed by atoms with van der Waals surface area (Å²) < 4.78 is 0. The van der Waals surface area contributed by atoms with E-state index in [0.29, 0.717) is 11.6 Å². The molecule has 132 valence electrons. The van der Waals surface area contributed by atoms with Crippen molar-refractivity contribution in [1.29, 1.82) is 0 Å². The number of aromatic hydroxyl groups is 1. The lowest BCUT2D eigenvalue weighted by molar-refractivity contribution is -0.892. The van der Waals surface area contributed by atoms with Crippen molar-refractivity contribution in [3.05, 3.63) is 53.1 Å². The molecule has 0 spiro atoms. The van der Waals surface area contributed by atoms with E-state index in [0.717, 1.165) is 43.1 Å². The van der Waals surface area contributed by atoms with E-state index in [1.165, 1.54) is 4.90 Å². The third-order valence-electron chi connectivity index (χ3n) is 4.55. The molecule has 3 N–H and O–H groups in total. The Morgan fingerprint density at radius 1 is 1.20 bits per heavy atom. The van der Waals surface area contributed by atoms with Crippen LogP contribution in [0.1, 0.15) is 5.56 Å². The molecule has 1 aliphatic heterocycles. The molecule has 0 aromatic heterocycles. The van der Waals surface area contributed by atoms with Crippen LogP contribution in [-0.2, 0) is 4.79 Å². The van der Waals surface area contributed by atoms with E-state index in [2.05, 4.69) is 10.2 Å². The van der Waals surface area contributed by atoms with Gasteiger partial charge in [-0.2, -0.15) is 0 Å². The van der Waals surface area contributed by atoms with Crippen molar-refractivity contribution >= 4 is 28.9 Å². The number of carbonyl (C=O) groups is 1.